The van der Waals surface area contributed by atoms with E-state index in [0.717, 1.165) is 12.0 Å². The van der Waals surface area contributed by atoms with Crippen molar-refractivity contribution in [3.63, 3.8) is 0 Å². The van der Waals surface area contributed by atoms with E-state index in [4.69, 9.17) is 14.2 Å². The summed E-state index contributed by atoms with van der Waals surface area (Å²) in [6, 6.07) is 13.1. The molecule has 3 aliphatic rings. The molecule has 0 bridgehead atoms. The number of hydrogen-bond donors (Lipinski definition) is 3. The number of amides is 2. The van der Waals surface area contributed by atoms with Crippen LogP contribution in [0.3, 0.4) is 0 Å². The van der Waals surface area contributed by atoms with Crippen LogP contribution in [0.5, 0.6) is 0 Å². The van der Waals surface area contributed by atoms with Gasteiger partial charge in [0.1, 0.15) is 12.0 Å². The lowest BCUT2D eigenvalue weighted by atomic mass is 9.95. The van der Waals surface area contributed by atoms with Crippen LogP contribution in [-0.2, 0) is 35.4 Å². The number of anilines is 1. The normalized spacial score (nSPS) is 23.9. The number of alkyl carbamates (subject to hydrolysis) is 1. The first-order valence-corrected chi connectivity index (χ1v) is 18.0. The van der Waals surface area contributed by atoms with Gasteiger partial charge in [-0.05, 0) is 75.8 Å². The Labute approximate surface area is 283 Å². The molecule has 2 aromatic carbocycles. The lowest BCUT2D eigenvalue weighted by molar-refractivity contribution is -0.115. The molecule has 3 heterocycles. The Bertz CT molecular complexity index is 1610. The summed E-state index contributed by atoms with van der Waals surface area (Å²) in [5.74, 6) is -1.12. The van der Waals surface area contributed by atoms with Gasteiger partial charge in [-0.2, -0.15) is 4.31 Å². The van der Waals surface area contributed by atoms with Gasteiger partial charge in [0.2, 0.25) is 15.9 Å². The van der Waals surface area contributed by atoms with Gasteiger partial charge in [-0.1, -0.05) is 44.2 Å². The van der Waals surface area contributed by atoms with Crippen molar-refractivity contribution < 1.29 is 37.3 Å². The highest BCUT2D eigenvalue weighted by atomic mass is 32.2. The number of rotatable bonds is 12. The summed E-state index contributed by atoms with van der Waals surface area (Å²) in [6.07, 6.45) is -1.92. The predicted octanol–water partition coefficient (Wildman–Crippen LogP) is 4.09. The fraction of sp³-hybridized carbons (Fsp3) is 0.571. The standard InChI is InChI=1S/C35H48N4O8S/c1-21(2)18-39(48(43,44)24-12-13-27-26(17-24)31(32(41)36-27)22(3)38-35(4,5)6)19-29(40)28(16-23-10-8-7-9-11-23)37-34(42)47-30-20-46-33-25(30)14-15-45-33/h7-13,17,21,25,28-31,33,40H,14-16,18-20H2,1-6H3,(H,36,41)(H,37,42). The van der Waals surface area contributed by atoms with Gasteiger partial charge in [-0.25, -0.2) is 13.2 Å². The first-order chi connectivity index (χ1) is 22.6. The molecule has 5 rings (SSSR count). The molecule has 6 unspecified atom stereocenters. The maximum absolute atomic E-state index is 14.3. The van der Waals surface area contributed by atoms with Gasteiger partial charge in [0.15, 0.2) is 6.29 Å². The average Bonchev–Trinajstić information content (AvgIpc) is 3.70. The summed E-state index contributed by atoms with van der Waals surface area (Å²) in [7, 11) is -4.16. The molecule has 3 N–H and O–H groups in total. The first-order valence-electron chi connectivity index (χ1n) is 16.6. The second-order valence-electron chi connectivity index (χ2n) is 14.3. The van der Waals surface area contributed by atoms with Crippen molar-refractivity contribution in [1.82, 2.24) is 9.62 Å². The molecule has 48 heavy (non-hydrogen) atoms. The average molecular weight is 685 g/mol. The molecule has 0 spiro atoms. The highest BCUT2D eigenvalue weighted by Gasteiger charge is 2.44. The minimum absolute atomic E-state index is 0.000655. The van der Waals surface area contributed by atoms with Crippen molar-refractivity contribution in [2.75, 3.05) is 31.6 Å². The maximum Gasteiger partial charge on any atom is 0.407 e. The minimum atomic E-state index is -4.16. The third-order valence-corrected chi connectivity index (χ3v) is 10.5. The Kier molecular flexibility index (Phi) is 11.0. The van der Waals surface area contributed by atoms with Crippen LogP contribution in [0.25, 0.3) is 0 Å². The molecule has 262 valence electrons. The number of carbonyl (C=O) groups is 2. The number of ether oxygens (including phenoxy) is 3. The zero-order valence-corrected chi connectivity index (χ0v) is 29.3. The predicted molar refractivity (Wildman–Crippen MR) is 181 cm³/mol. The van der Waals surface area contributed by atoms with E-state index in [2.05, 4.69) is 15.6 Å². The van der Waals surface area contributed by atoms with E-state index in [1.54, 1.807) is 13.0 Å². The van der Waals surface area contributed by atoms with Gasteiger partial charge in [-0.3, -0.25) is 9.79 Å². The van der Waals surface area contributed by atoms with Crippen LogP contribution in [0.2, 0.25) is 0 Å². The van der Waals surface area contributed by atoms with Crippen molar-refractivity contribution in [2.24, 2.45) is 16.8 Å². The van der Waals surface area contributed by atoms with Crippen LogP contribution in [-0.4, -0.2) is 91.9 Å². The first kappa shape index (κ1) is 35.9. The number of sulfonamides is 1. The highest BCUT2D eigenvalue weighted by Crippen LogP contribution is 2.37. The molecular formula is C35H48N4O8S. The van der Waals surface area contributed by atoms with Gasteiger partial charge in [0.05, 0.1) is 41.7 Å². The van der Waals surface area contributed by atoms with Crippen molar-refractivity contribution in [3.8, 4) is 0 Å². The zero-order valence-electron chi connectivity index (χ0n) is 28.5. The van der Waals surface area contributed by atoms with E-state index in [1.165, 1.54) is 16.4 Å². The molecule has 2 saturated heterocycles. The van der Waals surface area contributed by atoms with E-state index in [9.17, 15) is 23.1 Å². The quantitative estimate of drug-likeness (QED) is 0.283. The molecule has 2 amide bonds. The number of fused-ring (bicyclic) bond motifs is 2. The molecule has 0 saturated carbocycles. The molecule has 3 aliphatic heterocycles. The molecule has 2 aromatic rings. The summed E-state index contributed by atoms with van der Waals surface area (Å²) in [6.45, 7) is 11.9. The summed E-state index contributed by atoms with van der Waals surface area (Å²) < 4.78 is 46.6. The Morgan fingerprint density at radius 1 is 1.15 bits per heavy atom. The van der Waals surface area contributed by atoms with Crippen molar-refractivity contribution >= 4 is 33.4 Å². The van der Waals surface area contributed by atoms with Gasteiger partial charge < -0.3 is 30.0 Å². The Balaban J connectivity index is 1.38. The van der Waals surface area contributed by atoms with Crippen LogP contribution in [0.15, 0.2) is 58.4 Å². The molecule has 0 aliphatic carbocycles. The summed E-state index contributed by atoms with van der Waals surface area (Å²) >= 11 is 0. The lowest BCUT2D eigenvalue weighted by Gasteiger charge is -2.31. The number of carbonyl (C=O) groups excluding carboxylic acids is 2. The second-order valence-corrected chi connectivity index (χ2v) is 16.2. The number of benzene rings is 2. The Morgan fingerprint density at radius 3 is 2.56 bits per heavy atom. The fourth-order valence-corrected chi connectivity index (χ4v) is 8.25. The van der Waals surface area contributed by atoms with E-state index in [1.807, 2.05) is 65.0 Å². The molecule has 12 nitrogen and oxygen atoms in total. The molecule has 6 atom stereocenters. The lowest BCUT2D eigenvalue weighted by Crippen LogP contribution is -2.51. The van der Waals surface area contributed by atoms with Crippen LogP contribution < -0.4 is 10.6 Å². The number of nitrogens with one attached hydrogen (secondary N) is 2. The van der Waals surface area contributed by atoms with Gasteiger partial charge in [-0.15, -0.1) is 0 Å². The van der Waals surface area contributed by atoms with E-state index in [-0.39, 0.29) is 55.0 Å². The molecule has 2 fully saturated rings. The number of aliphatic imine (C=N–C) groups is 1. The number of aliphatic hydroxyl groups excluding tert-OH is 1. The summed E-state index contributed by atoms with van der Waals surface area (Å²) in [5.41, 5.74) is 2.09. The van der Waals surface area contributed by atoms with Crippen LogP contribution in [0, 0.1) is 11.8 Å². The summed E-state index contributed by atoms with van der Waals surface area (Å²) in [5, 5.41) is 17.3. The largest absolute Gasteiger partial charge is 0.443 e. The molecular weight excluding hydrogens is 636 g/mol. The Morgan fingerprint density at radius 2 is 1.88 bits per heavy atom. The van der Waals surface area contributed by atoms with Crippen molar-refractivity contribution in [1.29, 1.82) is 0 Å². The summed E-state index contributed by atoms with van der Waals surface area (Å²) in [4.78, 5) is 30.8. The van der Waals surface area contributed by atoms with Gasteiger partial charge in [0, 0.05) is 24.5 Å². The fourth-order valence-electron chi connectivity index (χ4n) is 6.59. The highest BCUT2D eigenvalue weighted by molar-refractivity contribution is 7.89. The van der Waals surface area contributed by atoms with Crippen LogP contribution in [0.1, 0.15) is 65.0 Å². The third-order valence-electron chi connectivity index (χ3n) is 8.69. The van der Waals surface area contributed by atoms with Crippen LogP contribution >= 0.6 is 0 Å². The monoisotopic (exact) mass is 684 g/mol. The van der Waals surface area contributed by atoms with E-state index >= 15 is 0 Å². The maximum atomic E-state index is 14.3. The van der Waals surface area contributed by atoms with Gasteiger partial charge in [0.25, 0.3) is 0 Å². The number of nitrogens with zero attached hydrogens (tertiary/aromatic N) is 2. The minimum Gasteiger partial charge on any atom is -0.443 e. The Hall–Kier alpha value is -3.36. The number of hydrogen-bond acceptors (Lipinski definition) is 9. The topological polar surface area (TPSA) is 156 Å². The van der Waals surface area contributed by atoms with Crippen molar-refractivity contribution in [2.45, 2.75) is 95.3 Å². The molecule has 13 heteroatoms. The van der Waals surface area contributed by atoms with Gasteiger partial charge >= 0.3 is 6.09 Å². The molecule has 0 aromatic heterocycles. The molecule has 0 radical (unpaired) electrons. The third kappa shape index (κ3) is 8.43. The van der Waals surface area contributed by atoms with E-state index in [0.29, 0.717) is 23.6 Å². The van der Waals surface area contributed by atoms with Crippen molar-refractivity contribution in [3.05, 3.63) is 59.7 Å². The SMILES string of the molecule is CC(=NC(C)(C)C)C1C(=O)Nc2ccc(S(=O)(=O)N(CC(C)C)CC(O)C(Cc3ccccc3)NC(=O)OC3COC4OCCC34)cc21. The second kappa shape index (κ2) is 14.6. The smallest absolute Gasteiger partial charge is 0.407 e. The number of aliphatic hydroxyl groups is 1. The van der Waals surface area contributed by atoms with E-state index < -0.39 is 45.8 Å². The zero-order chi connectivity index (χ0) is 34.8. The van der Waals surface area contributed by atoms with Crippen LogP contribution in [0.4, 0.5) is 10.5 Å².